The van der Waals surface area contributed by atoms with Crippen LogP contribution < -0.4 is 0 Å². The van der Waals surface area contributed by atoms with Crippen LogP contribution in [0.15, 0.2) is 12.2 Å². The van der Waals surface area contributed by atoms with Crippen LogP contribution in [-0.4, -0.2) is 65.7 Å². The van der Waals surface area contributed by atoms with Gasteiger partial charge in [-0.05, 0) is 32.1 Å². The summed E-state index contributed by atoms with van der Waals surface area (Å²) < 4.78 is 32.4. The van der Waals surface area contributed by atoms with E-state index in [0.717, 1.165) is 51.4 Å². The van der Waals surface area contributed by atoms with Gasteiger partial charge in [-0.3, -0.25) is 18.6 Å². The summed E-state index contributed by atoms with van der Waals surface area (Å²) in [4.78, 5) is 34.6. The van der Waals surface area contributed by atoms with E-state index in [0.29, 0.717) is 12.8 Å². The number of ether oxygens (including phenoxy) is 2. The Hall–Kier alpha value is -1.29. The molecule has 3 atom stereocenters. The van der Waals surface area contributed by atoms with Crippen molar-refractivity contribution < 1.29 is 47.8 Å². The van der Waals surface area contributed by atoms with Gasteiger partial charge in [-0.15, -0.1) is 0 Å². The summed E-state index contributed by atoms with van der Waals surface area (Å²) in [5.74, 6) is -0.932. The minimum absolute atomic E-state index is 0.181. The molecule has 0 saturated heterocycles. The first kappa shape index (κ1) is 42.7. The van der Waals surface area contributed by atoms with Gasteiger partial charge in [0.1, 0.15) is 12.7 Å². The Kier molecular flexibility index (Phi) is 29.5. The Morgan fingerprint density at radius 1 is 0.682 bits per heavy atom. The number of aliphatic hydroxyl groups excluding tert-OH is 2. The molecule has 1 unspecified atom stereocenters. The highest BCUT2D eigenvalue weighted by atomic mass is 31.2. The SMILES string of the molecule is CC/C=C/CCCCCCCCCC(=O)O[C@H](COC(=O)CCCCCCCCCCCC)COP(=O)(O)OC[C@@H](O)CO. The van der Waals surface area contributed by atoms with E-state index < -0.39 is 51.8 Å². The molecule has 0 aromatic rings. The number of phosphoric acid groups is 1. The molecule has 0 aliphatic rings. The monoisotopic (exact) mass is 650 g/mol. The van der Waals surface area contributed by atoms with Crippen molar-refractivity contribution in [2.45, 2.75) is 161 Å². The summed E-state index contributed by atoms with van der Waals surface area (Å²) in [6.45, 7) is 2.24. The molecule has 0 spiro atoms. The average molecular weight is 651 g/mol. The molecule has 0 fully saturated rings. The van der Waals surface area contributed by atoms with Crippen molar-refractivity contribution >= 4 is 19.8 Å². The van der Waals surface area contributed by atoms with Crippen LogP contribution in [0.3, 0.4) is 0 Å². The van der Waals surface area contributed by atoms with Crippen molar-refractivity contribution in [3.8, 4) is 0 Å². The highest BCUT2D eigenvalue weighted by molar-refractivity contribution is 7.47. The molecule has 260 valence electrons. The van der Waals surface area contributed by atoms with E-state index in [2.05, 4.69) is 30.5 Å². The van der Waals surface area contributed by atoms with Crippen LogP contribution >= 0.6 is 7.82 Å². The number of carbonyl (C=O) groups is 2. The van der Waals surface area contributed by atoms with Crippen LogP contribution in [0.1, 0.15) is 149 Å². The zero-order chi connectivity index (χ0) is 32.7. The lowest BCUT2D eigenvalue weighted by Crippen LogP contribution is -2.29. The van der Waals surface area contributed by atoms with Crippen molar-refractivity contribution in [3.63, 3.8) is 0 Å². The maximum atomic E-state index is 12.5. The fourth-order valence-electron chi connectivity index (χ4n) is 4.52. The molecule has 3 N–H and O–H groups in total. The molecule has 0 aromatic heterocycles. The van der Waals surface area contributed by atoms with Gasteiger partial charge in [0.05, 0.1) is 19.8 Å². The molecule has 0 aliphatic carbocycles. The zero-order valence-electron chi connectivity index (χ0n) is 27.6. The highest BCUT2D eigenvalue weighted by Crippen LogP contribution is 2.43. The summed E-state index contributed by atoms with van der Waals surface area (Å²) in [6.07, 6.45) is 23.4. The number of esters is 2. The van der Waals surface area contributed by atoms with E-state index >= 15 is 0 Å². The van der Waals surface area contributed by atoms with Gasteiger partial charge >= 0.3 is 19.8 Å². The highest BCUT2D eigenvalue weighted by Gasteiger charge is 2.27. The van der Waals surface area contributed by atoms with E-state index in [9.17, 15) is 24.2 Å². The van der Waals surface area contributed by atoms with Crippen molar-refractivity contribution in [1.29, 1.82) is 0 Å². The Balaban J connectivity index is 4.43. The number of hydrogen-bond donors (Lipinski definition) is 3. The first-order valence-electron chi connectivity index (χ1n) is 17.1. The fraction of sp³-hybridized carbons (Fsp3) is 0.879. The predicted octanol–water partition coefficient (Wildman–Crippen LogP) is 7.72. The molecule has 0 rings (SSSR count). The first-order valence-corrected chi connectivity index (χ1v) is 18.6. The lowest BCUT2D eigenvalue weighted by Gasteiger charge is -2.20. The van der Waals surface area contributed by atoms with Gasteiger partial charge in [0, 0.05) is 12.8 Å². The second-order valence-corrected chi connectivity index (χ2v) is 13.0. The van der Waals surface area contributed by atoms with Crippen LogP contribution in [0.5, 0.6) is 0 Å². The summed E-state index contributed by atoms with van der Waals surface area (Å²) in [5, 5.41) is 18.2. The number of phosphoric ester groups is 1. The molecular formula is C33H63O10P. The summed E-state index contributed by atoms with van der Waals surface area (Å²) in [6, 6.07) is 0. The van der Waals surface area contributed by atoms with Crippen molar-refractivity contribution in [1.82, 2.24) is 0 Å². The molecule has 10 nitrogen and oxygen atoms in total. The minimum atomic E-state index is -4.60. The maximum absolute atomic E-state index is 12.5. The van der Waals surface area contributed by atoms with E-state index in [1.54, 1.807) is 0 Å². The topological polar surface area (TPSA) is 149 Å². The molecule has 44 heavy (non-hydrogen) atoms. The van der Waals surface area contributed by atoms with Crippen LogP contribution in [0.25, 0.3) is 0 Å². The Bertz CT molecular complexity index is 761. The van der Waals surface area contributed by atoms with Gasteiger partial charge in [0.2, 0.25) is 0 Å². The lowest BCUT2D eigenvalue weighted by atomic mass is 10.1. The van der Waals surface area contributed by atoms with E-state index in [-0.39, 0.29) is 19.4 Å². The van der Waals surface area contributed by atoms with Gasteiger partial charge in [0.25, 0.3) is 0 Å². The van der Waals surface area contributed by atoms with Gasteiger partial charge in [-0.25, -0.2) is 4.57 Å². The standard InChI is InChI=1S/C33H63O10P/c1-3-5-7-9-11-13-15-17-19-21-23-25-33(37)43-31(29-42-44(38,39)41-27-30(35)26-34)28-40-32(36)24-22-20-18-16-14-12-10-8-6-4-2/h5,7,30-31,34-35H,3-4,6,8-29H2,1-2H3,(H,38,39)/b7-5+/t30-,31+/m0/s1. The van der Waals surface area contributed by atoms with E-state index in [1.807, 2.05) is 0 Å². The van der Waals surface area contributed by atoms with Crippen LogP contribution in [0.2, 0.25) is 0 Å². The fourth-order valence-corrected chi connectivity index (χ4v) is 5.31. The van der Waals surface area contributed by atoms with Crippen molar-refractivity contribution in [2.24, 2.45) is 0 Å². The van der Waals surface area contributed by atoms with Crippen LogP contribution in [-0.2, 0) is 32.7 Å². The molecular weight excluding hydrogens is 587 g/mol. The quantitative estimate of drug-likeness (QED) is 0.0286. The van der Waals surface area contributed by atoms with Gasteiger partial charge in [-0.2, -0.15) is 0 Å². The zero-order valence-corrected chi connectivity index (χ0v) is 28.5. The molecule has 0 heterocycles. The summed E-state index contributed by atoms with van der Waals surface area (Å²) >= 11 is 0. The molecule has 0 aromatic carbocycles. The summed E-state index contributed by atoms with van der Waals surface area (Å²) in [5.41, 5.74) is 0. The lowest BCUT2D eigenvalue weighted by molar-refractivity contribution is -0.161. The van der Waals surface area contributed by atoms with Gasteiger partial charge in [-0.1, -0.05) is 116 Å². The number of unbranched alkanes of at least 4 members (excludes halogenated alkanes) is 16. The van der Waals surface area contributed by atoms with Gasteiger partial charge < -0.3 is 24.6 Å². The summed E-state index contributed by atoms with van der Waals surface area (Å²) in [7, 11) is -4.60. The van der Waals surface area contributed by atoms with Crippen molar-refractivity contribution in [2.75, 3.05) is 26.4 Å². The number of allylic oxidation sites excluding steroid dienone is 2. The Morgan fingerprint density at radius 2 is 1.18 bits per heavy atom. The van der Waals surface area contributed by atoms with Crippen LogP contribution in [0.4, 0.5) is 0 Å². The number of hydrogen-bond acceptors (Lipinski definition) is 9. The molecule has 0 radical (unpaired) electrons. The predicted molar refractivity (Wildman–Crippen MR) is 173 cm³/mol. The second-order valence-electron chi connectivity index (χ2n) is 11.5. The smallest absolute Gasteiger partial charge is 0.462 e. The van der Waals surface area contributed by atoms with E-state index in [1.165, 1.54) is 57.8 Å². The maximum Gasteiger partial charge on any atom is 0.472 e. The van der Waals surface area contributed by atoms with Crippen molar-refractivity contribution in [3.05, 3.63) is 12.2 Å². The average Bonchev–Trinajstić information content (AvgIpc) is 3.00. The Labute approximate surface area is 266 Å². The molecule has 0 saturated carbocycles. The third-order valence-corrected chi connectivity index (χ3v) is 8.13. The largest absolute Gasteiger partial charge is 0.472 e. The van der Waals surface area contributed by atoms with E-state index in [4.69, 9.17) is 19.1 Å². The molecule has 11 heteroatoms. The van der Waals surface area contributed by atoms with Crippen LogP contribution in [0, 0.1) is 0 Å². The number of carbonyl (C=O) groups excluding carboxylic acids is 2. The Morgan fingerprint density at radius 3 is 1.73 bits per heavy atom. The molecule has 0 bridgehead atoms. The number of aliphatic hydroxyl groups is 2. The molecule has 0 amide bonds. The third kappa shape index (κ3) is 29.4. The van der Waals surface area contributed by atoms with Gasteiger partial charge in [0.15, 0.2) is 6.10 Å². The second kappa shape index (κ2) is 30.4. The normalized spacial score (nSPS) is 14.4. The third-order valence-electron chi connectivity index (χ3n) is 7.18. The number of rotatable bonds is 32. The minimum Gasteiger partial charge on any atom is -0.462 e. The molecule has 0 aliphatic heterocycles. The first-order chi connectivity index (χ1) is 21.2.